The van der Waals surface area contributed by atoms with Gasteiger partial charge in [-0.1, -0.05) is 244 Å². The average molecular weight is 1380 g/mol. The second-order valence-electron chi connectivity index (χ2n) is 36.5. The van der Waals surface area contributed by atoms with Crippen molar-refractivity contribution < 1.29 is 0 Å². The van der Waals surface area contributed by atoms with Crippen LogP contribution in [0, 0.1) is 27.7 Å². The predicted molar refractivity (Wildman–Crippen MR) is 458 cm³/mol. The molecule has 0 spiro atoms. The van der Waals surface area contributed by atoms with E-state index in [2.05, 4.69) is 242 Å². The number of nitrogens with zero attached hydrogens (tertiary/aromatic N) is 4. The normalized spacial score (nSPS) is 14.1. The van der Waals surface area contributed by atoms with E-state index in [1.807, 2.05) is 55.4 Å². The van der Waals surface area contributed by atoms with E-state index in [4.69, 9.17) is 19.9 Å². The van der Waals surface area contributed by atoms with Crippen molar-refractivity contribution in [3.05, 3.63) is 160 Å². The lowest BCUT2D eigenvalue weighted by molar-refractivity contribution is 0.557. The summed E-state index contributed by atoms with van der Waals surface area (Å²) in [5, 5.41) is 5.50. The zero-order valence-corrected chi connectivity index (χ0v) is 70.3. The molecule has 4 aromatic carbocycles. The highest BCUT2D eigenvalue weighted by Crippen LogP contribution is 2.44. The van der Waals surface area contributed by atoms with Crippen molar-refractivity contribution in [2.24, 2.45) is 0 Å². The van der Waals surface area contributed by atoms with Crippen LogP contribution in [0.4, 0.5) is 0 Å². The molecule has 0 unspecified atom stereocenters. The Hall–Kier alpha value is -5.48. The first-order chi connectivity index (χ1) is 45.3. The molecule has 8 aromatic rings. The van der Waals surface area contributed by atoms with Crippen LogP contribution in [0.1, 0.15) is 394 Å². The molecule has 4 aliphatic rings. The maximum Gasteiger partial charge on any atom is 0.0743 e. The molecule has 0 N–H and O–H groups in total. The van der Waals surface area contributed by atoms with Crippen molar-refractivity contribution >= 4 is 43.6 Å². The van der Waals surface area contributed by atoms with Crippen molar-refractivity contribution in [2.45, 2.75) is 405 Å². The average Bonchev–Trinajstić information content (AvgIpc) is 1.45. The van der Waals surface area contributed by atoms with Gasteiger partial charge in [0.05, 0.1) is 22.1 Å². The summed E-state index contributed by atoms with van der Waals surface area (Å²) >= 11 is 0. The van der Waals surface area contributed by atoms with Gasteiger partial charge in [-0.25, -0.2) is 0 Å². The first-order valence-electron chi connectivity index (χ1n) is 39.2. The zero-order chi connectivity index (χ0) is 74.6. The minimum absolute atomic E-state index is 0. The van der Waals surface area contributed by atoms with E-state index in [0.717, 1.165) is 0 Å². The molecule has 4 heteroatoms. The molecule has 4 nitrogen and oxygen atoms in total. The van der Waals surface area contributed by atoms with Gasteiger partial charge in [-0.2, -0.15) is 0 Å². The van der Waals surface area contributed by atoms with E-state index in [1.54, 1.807) is 22.3 Å². The van der Waals surface area contributed by atoms with Gasteiger partial charge in [-0.05, 0) is 277 Å². The highest BCUT2D eigenvalue weighted by molar-refractivity contribution is 5.92. The van der Waals surface area contributed by atoms with Gasteiger partial charge in [0.2, 0.25) is 0 Å². The molecule has 0 saturated heterocycles. The van der Waals surface area contributed by atoms with Crippen LogP contribution in [0.2, 0.25) is 0 Å². The van der Waals surface area contributed by atoms with E-state index in [9.17, 15) is 0 Å². The molecule has 4 heterocycles. The highest BCUT2D eigenvalue weighted by Gasteiger charge is 2.32. The van der Waals surface area contributed by atoms with Gasteiger partial charge in [-0.15, -0.1) is 0 Å². The van der Waals surface area contributed by atoms with E-state index in [-0.39, 0.29) is 65.6 Å². The van der Waals surface area contributed by atoms with Crippen LogP contribution in [-0.2, 0) is 94.7 Å². The second kappa shape index (κ2) is 35.5. The molecule has 0 amide bonds. The van der Waals surface area contributed by atoms with Gasteiger partial charge >= 0.3 is 0 Å². The third kappa shape index (κ3) is 20.9. The van der Waals surface area contributed by atoms with Crippen LogP contribution in [0.15, 0.2) is 48.5 Å². The monoisotopic (exact) mass is 1380 g/mol. The number of hydrogen-bond acceptors (Lipinski definition) is 4. The lowest BCUT2D eigenvalue weighted by atomic mass is 9.78. The van der Waals surface area contributed by atoms with Gasteiger partial charge < -0.3 is 0 Å². The van der Waals surface area contributed by atoms with Crippen LogP contribution in [0.3, 0.4) is 0 Å². The fourth-order valence-electron chi connectivity index (χ4n) is 15.0. The summed E-state index contributed by atoms with van der Waals surface area (Å²) < 4.78 is 0. The molecular weight excluding hydrogens is 1220 g/mol. The Balaban J connectivity index is 0.000000438. The van der Waals surface area contributed by atoms with Gasteiger partial charge in [0.25, 0.3) is 0 Å². The number of hydrogen-bond donors (Lipinski definition) is 0. The van der Waals surface area contributed by atoms with E-state index < -0.39 is 0 Å². The standard InChI is InChI=1S/2C22H31N.2C21H29N.4C2H6.3CH4/c2*1-14-12-17-18(21(2,3)4)13-19(22(5,6)7)23-20(17)16-11-9-8-10-15(14)16;2*1-13-11-16-17(20(2,3)4)12-18(21(5,6)7)22-19(16)15-10-8-9-14(13)15;4*1-2;;;/h2*12-13H,8-11H2,1-7H3;2*11-12H,8-10H2,1-7H3;4*1-2H3;3*1H4. The van der Waals surface area contributed by atoms with Gasteiger partial charge in [0.15, 0.2) is 0 Å². The first-order valence-corrected chi connectivity index (χ1v) is 39.2. The molecule has 4 aromatic heterocycles. The molecule has 0 radical (unpaired) electrons. The van der Waals surface area contributed by atoms with Crippen LogP contribution in [0.25, 0.3) is 43.6 Å². The van der Waals surface area contributed by atoms with Crippen molar-refractivity contribution in [3.63, 3.8) is 0 Å². The Morgan fingerprint density at radius 3 is 0.515 bits per heavy atom. The fraction of sp³-hybridized carbons (Fsp3) is 0.629. The van der Waals surface area contributed by atoms with E-state index >= 15 is 0 Å². The molecule has 101 heavy (non-hydrogen) atoms. The van der Waals surface area contributed by atoms with Crippen LogP contribution in [0.5, 0.6) is 0 Å². The molecule has 0 bridgehead atoms. The lowest BCUT2D eigenvalue weighted by Gasteiger charge is -2.28. The molecule has 4 aliphatic carbocycles. The second-order valence-corrected chi connectivity index (χ2v) is 36.5. The summed E-state index contributed by atoms with van der Waals surface area (Å²) in [6, 6.07) is 19.0. The van der Waals surface area contributed by atoms with Crippen LogP contribution in [-0.4, -0.2) is 19.9 Å². The summed E-state index contributed by atoms with van der Waals surface area (Å²) in [5.41, 5.74) is 34.9. The molecule has 12 rings (SSSR count). The number of aromatic nitrogens is 4. The minimum atomic E-state index is 0. The summed E-state index contributed by atoms with van der Waals surface area (Å²) in [4.78, 5) is 20.6. The largest absolute Gasteiger partial charge is 0.252 e. The maximum absolute atomic E-state index is 5.18. The van der Waals surface area contributed by atoms with Crippen LogP contribution < -0.4 is 0 Å². The number of benzene rings is 4. The number of pyridine rings is 4. The van der Waals surface area contributed by atoms with Crippen molar-refractivity contribution in [1.82, 2.24) is 19.9 Å². The summed E-state index contributed by atoms with van der Waals surface area (Å²) in [7, 11) is 0. The Labute approximate surface area is 625 Å². The topological polar surface area (TPSA) is 51.6 Å². The molecule has 564 valence electrons. The van der Waals surface area contributed by atoms with Gasteiger partial charge in [0.1, 0.15) is 0 Å². The third-order valence-electron chi connectivity index (χ3n) is 20.4. The molecular formula is C97H156N4. The third-order valence-corrected chi connectivity index (χ3v) is 20.4. The SMILES string of the molecule is C.C.C.CC.CC.CC.CC.Cc1cc2c(C(C)(C)C)cc(C(C)(C)C)nc2c2c1CCC2.Cc1cc2c(C(C)(C)C)cc(C(C)(C)C)nc2c2c1CCC2.Cc1cc2c(C(C)(C)C)cc(C(C)(C)C)nc2c2c1CCCC2.Cc1cc2c(C(C)(C)C)cc(C(C)(C)C)nc2c2c1CCCC2. The molecule has 0 aliphatic heterocycles. The van der Waals surface area contributed by atoms with Gasteiger partial charge in [0, 0.05) is 66.0 Å². The predicted octanol–water partition coefficient (Wildman–Crippen LogP) is 29.3. The quantitative estimate of drug-likeness (QED) is 0.152. The van der Waals surface area contributed by atoms with Crippen LogP contribution >= 0.6 is 0 Å². The molecule has 0 fully saturated rings. The van der Waals surface area contributed by atoms with Gasteiger partial charge in [-0.3, -0.25) is 19.9 Å². The Kier molecular flexibility index (Phi) is 32.2. The fourth-order valence-corrected chi connectivity index (χ4v) is 15.0. The van der Waals surface area contributed by atoms with Crippen molar-refractivity contribution in [2.75, 3.05) is 0 Å². The summed E-state index contributed by atoms with van der Waals surface area (Å²) in [6.07, 6.45) is 17.5. The smallest absolute Gasteiger partial charge is 0.0743 e. The zero-order valence-electron chi connectivity index (χ0n) is 70.3. The number of fused-ring (bicyclic) bond motifs is 12. The van der Waals surface area contributed by atoms with Crippen molar-refractivity contribution in [1.29, 1.82) is 0 Å². The Morgan fingerprint density at radius 2 is 0.356 bits per heavy atom. The number of aryl methyl sites for hydroxylation is 8. The minimum Gasteiger partial charge on any atom is -0.252 e. The molecule has 0 saturated carbocycles. The Bertz CT molecular complexity index is 3780. The first kappa shape index (κ1) is 91.6. The lowest BCUT2D eigenvalue weighted by Crippen LogP contribution is -2.20. The number of rotatable bonds is 0. The van der Waals surface area contributed by atoms with Crippen molar-refractivity contribution in [3.8, 4) is 0 Å². The molecule has 0 atom stereocenters. The maximum atomic E-state index is 5.18. The van der Waals surface area contributed by atoms with E-state index in [1.165, 1.54) is 223 Å². The summed E-state index contributed by atoms with van der Waals surface area (Å²) in [6.45, 7) is 80.2. The summed E-state index contributed by atoms with van der Waals surface area (Å²) in [5.74, 6) is 0. The van der Waals surface area contributed by atoms with E-state index in [0.29, 0.717) is 0 Å². The Morgan fingerprint density at radius 1 is 0.208 bits per heavy atom. The highest BCUT2D eigenvalue weighted by atomic mass is 14.8.